The normalized spacial score (nSPS) is 30.3. The standard InChI is InChI=1S/C15H24N.Rb/c1-16-12-15-9-7-14(8-10-15)11-13-5-3-2-4-6-13;/h2,13-15H,3-12H2;/q-1;+1. The first kappa shape index (κ1) is 16.3. The minimum absolute atomic E-state index is 0. The Hall–Kier alpha value is 1.30. The van der Waals surface area contributed by atoms with Crippen LogP contribution in [0.3, 0.4) is 0 Å². The van der Waals surface area contributed by atoms with Crippen molar-refractivity contribution in [1.29, 1.82) is 0 Å². The third-order valence-corrected chi connectivity index (χ3v) is 4.54. The topological polar surface area (TPSA) is 4.36 Å². The molecule has 0 aromatic carbocycles. The molecule has 0 unspecified atom stereocenters. The monoisotopic (exact) mass is 303 g/mol. The fraction of sp³-hybridized carbons (Fsp3) is 0.867. The summed E-state index contributed by atoms with van der Waals surface area (Å²) < 4.78 is 0. The molecule has 0 N–H and O–H groups in total. The van der Waals surface area contributed by atoms with Gasteiger partial charge in [-0.3, -0.25) is 0 Å². The molecule has 2 fully saturated rings. The quantitative estimate of drug-likeness (QED) is 0.696. The van der Waals surface area contributed by atoms with E-state index in [0.29, 0.717) is 0 Å². The smallest absolute Gasteiger partial charge is 0.328 e. The van der Waals surface area contributed by atoms with Gasteiger partial charge in [0.15, 0.2) is 0 Å². The molecule has 90 valence electrons. The van der Waals surface area contributed by atoms with Gasteiger partial charge in [0.05, 0.1) is 0 Å². The van der Waals surface area contributed by atoms with Crippen molar-refractivity contribution in [3.05, 3.63) is 17.8 Å². The number of hydrogen-bond acceptors (Lipinski definition) is 0. The van der Waals surface area contributed by atoms with Crippen LogP contribution in [-0.4, -0.2) is 6.54 Å². The summed E-state index contributed by atoms with van der Waals surface area (Å²) in [6, 6.07) is 0. The Bertz CT molecular complexity index is 232. The van der Waals surface area contributed by atoms with Gasteiger partial charge in [-0.25, -0.2) is 6.57 Å². The van der Waals surface area contributed by atoms with Crippen molar-refractivity contribution in [1.82, 2.24) is 0 Å². The van der Waals surface area contributed by atoms with Crippen LogP contribution in [0.25, 0.3) is 4.85 Å². The van der Waals surface area contributed by atoms with Crippen molar-refractivity contribution in [3.8, 4) is 0 Å². The van der Waals surface area contributed by atoms with Crippen molar-refractivity contribution in [2.75, 3.05) is 6.54 Å². The Labute approximate surface area is 156 Å². The van der Waals surface area contributed by atoms with E-state index in [2.05, 4.69) is 11.3 Å². The van der Waals surface area contributed by atoms with Crippen LogP contribution in [0.4, 0.5) is 0 Å². The van der Waals surface area contributed by atoms with Gasteiger partial charge in [-0.05, 0) is 43.9 Å². The number of nitrogens with zero attached hydrogens (tertiary/aromatic N) is 1. The second kappa shape index (κ2) is 9.24. The van der Waals surface area contributed by atoms with Gasteiger partial charge in [0, 0.05) is 5.92 Å². The molecule has 2 heteroatoms. The van der Waals surface area contributed by atoms with E-state index < -0.39 is 0 Å². The Morgan fingerprint density at radius 3 is 2.00 bits per heavy atom. The van der Waals surface area contributed by atoms with Crippen molar-refractivity contribution < 1.29 is 58.2 Å². The molecule has 1 nitrogen and oxygen atoms in total. The molecule has 0 aromatic rings. The maximum atomic E-state index is 6.92. The maximum Gasteiger partial charge on any atom is 1.00 e. The molecule has 2 aliphatic carbocycles. The van der Waals surface area contributed by atoms with E-state index in [0.717, 1.165) is 24.3 Å². The average Bonchev–Trinajstić information content (AvgIpc) is 2.33. The largest absolute Gasteiger partial charge is 1.00 e. The van der Waals surface area contributed by atoms with E-state index in [-0.39, 0.29) is 58.2 Å². The molecule has 2 aliphatic rings. The molecule has 2 rings (SSSR count). The maximum absolute atomic E-state index is 6.92. The van der Waals surface area contributed by atoms with Crippen LogP contribution in [0.1, 0.15) is 57.8 Å². The molecule has 0 saturated heterocycles. The summed E-state index contributed by atoms with van der Waals surface area (Å²) in [5, 5.41) is 0. The van der Waals surface area contributed by atoms with Gasteiger partial charge < -0.3 is 11.3 Å². The van der Waals surface area contributed by atoms with E-state index in [1.54, 1.807) is 0 Å². The summed E-state index contributed by atoms with van der Waals surface area (Å²) in [5.74, 6) is 2.74. The van der Waals surface area contributed by atoms with Crippen molar-refractivity contribution in [3.63, 3.8) is 0 Å². The van der Waals surface area contributed by atoms with E-state index in [9.17, 15) is 0 Å². The van der Waals surface area contributed by atoms with E-state index in [1.807, 2.05) is 0 Å². The third kappa shape index (κ3) is 5.85. The van der Waals surface area contributed by atoms with Gasteiger partial charge in [-0.1, -0.05) is 12.8 Å². The summed E-state index contributed by atoms with van der Waals surface area (Å²) in [6.45, 7) is 7.70. The second-order valence-corrected chi connectivity index (χ2v) is 5.77. The van der Waals surface area contributed by atoms with Gasteiger partial charge in [0.2, 0.25) is 6.54 Å². The zero-order chi connectivity index (χ0) is 11.2. The summed E-state index contributed by atoms with van der Waals surface area (Å²) >= 11 is 0. The first-order valence-electron chi connectivity index (χ1n) is 7.03. The van der Waals surface area contributed by atoms with Crippen LogP contribution >= 0.6 is 0 Å². The Morgan fingerprint density at radius 2 is 1.41 bits per heavy atom. The molecule has 17 heavy (non-hydrogen) atoms. The molecule has 0 bridgehead atoms. The van der Waals surface area contributed by atoms with Gasteiger partial charge in [0.1, 0.15) is 0 Å². The van der Waals surface area contributed by atoms with E-state index in [4.69, 9.17) is 6.57 Å². The van der Waals surface area contributed by atoms with Crippen molar-refractivity contribution >= 4 is 0 Å². The average molecular weight is 304 g/mol. The number of rotatable bonds is 3. The van der Waals surface area contributed by atoms with Crippen LogP contribution in [0.5, 0.6) is 0 Å². The van der Waals surface area contributed by atoms with E-state index >= 15 is 0 Å². The third-order valence-electron chi connectivity index (χ3n) is 4.54. The molecule has 0 atom stereocenters. The summed E-state index contributed by atoms with van der Waals surface area (Å²) in [7, 11) is 0. The van der Waals surface area contributed by atoms with Gasteiger partial charge >= 0.3 is 58.2 Å². The summed E-state index contributed by atoms with van der Waals surface area (Å²) in [5.41, 5.74) is 0. The first-order chi connectivity index (χ1) is 7.88. The van der Waals surface area contributed by atoms with Crippen LogP contribution in [0.2, 0.25) is 0 Å². The Balaban J connectivity index is 0.00000144. The van der Waals surface area contributed by atoms with Gasteiger partial charge in [0.25, 0.3) is 0 Å². The summed E-state index contributed by atoms with van der Waals surface area (Å²) in [6.07, 6.45) is 15.0. The predicted molar refractivity (Wildman–Crippen MR) is 67.8 cm³/mol. The van der Waals surface area contributed by atoms with Crippen LogP contribution < -0.4 is 58.2 Å². The molecule has 0 spiro atoms. The van der Waals surface area contributed by atoms with Crippen molar-refractivity contribution in [2.24, 2.45) is 17.8 Å². The fourth-order valence-corrected chi connectivity index (χ4v) is 3.48. The zero-order valence-electron chi connectivity index (χ0n) is 11.3. The minimum Gasteiger partial charge on any atom is -0.328 e. The zero-order valence-corrected chi connectivity index (χ0v) is 16.2. The van der Waals surface area contributed by atoms with Crippen LogP contribution in [0, 0.1) is 30.7 Å². The molecule has 0 radical (unpaired) electrons. The molecular weight excluding hydrogens is 280 g/mol. The number of hydrogen-bond donors (Lipinski definition) is 0. The molecular formula is C15H24NRb. The molecule has 0 heterocycles. The van der Waals surface area contributed by atoms with Crippen molar-refractivity contribution in [2.45, 2.75) is 57.8 Å². The van der Waals surface area contributed by atoms with Gasteiger partial charge in [-0.2, -0.15) is 12.8 Å². The predicted octanol–water partition coefficient (Wildman–Crippen LogP) is 1.50. The van der Waals surface area contributed by atoms with Crippen LogP contribution in [0.15, 0.2) is 0 Å². The van der Waals surface area contributed by atoms with Crippen LogP contribution in [-0.2, 0) is 0 Å². The van der Waals surface area contributed by atoms with Gasteiger partial charge in [-0.15, -0.1) is 0 Å². The molecule has 0 amide bonds. The minimum atomic E-state index is 0. The first-order valence-corrected chi connectivity index (χ1v) is 7.03. The molecule has 0 aromatic heterocycles. The Kier molecular flexibility index (Phi) is 8.89. The Morgan fingerprint density at radius 1 is 0.882 bits per heavy atom. The summed E-state index contributed by atoms with van der Waals surface area (Å²) in [4.78, 5) is 3.55. The fourth-order valence-electron chi connectivity index (χ4n) is 3.48. The second-order valence-electron chi connectivity index (χ2n) is 5.77. The van der Waals surface area contributed by atoms with E-state index in [1.165, 1.54) is 57.8 Å². The SMILES string of the molecule is [C-]#[N+]CC1CCC(CC2CC[CH-]CC2)CC1.[Rb+]. The molecule has 0 aliphatic heterocycles. The molecule has 2 saturated carbocycles.